The first-order chi connectivity index (χ1) is 13.4. The number of aromatic nitrogens is 1. The molecule has 0 aliphatic rings. The normalized spacial score (nSPS) is 12.3. The number of benzene rings is 3. The van der Waals surface area contributed by atoms with Crippen LogP contribution in [0.5, 0.6) is 0 Å². The van der Waals surface area contributed by atoms with Gasteiger partial charge in [0, 0.05) is 32.3 Å². The molecular weight excluding hydrogens is 382 g/mol. The maximum Gasteiger partial charge on any atom is 0.0880 e. The number of fused-ring (bicyclic) bond motifs is 4. The summed E-state index contributed by atoms with van der Waals surface area (Å²) >= 11 is 8.00. The molecule has 5 rings (SSSR count). The molecule has 0 radical (unpaired) electrons. The fourth-order valence-electron chi connectivity index (χ4n) is 3.95. The highest BCUT2D eigenvalue weighted by Crippen LogP contribution is 2.41. The molecule has 3 aromatic carbocycles. The highest BCUT2D eigenvalue weighted by Gasteiger charge is 2.20. The van der Waals surface area contributed by atoms with Gasteiger partial charge in [0.15, 0.2) is 0 Å². The second-order valence-corrected chi connectivity index (χ2v) is 9.76. The van der Waals surface area contributed by atoms with Crippen molar-refractivity contribution in [2.45, 2.75) is 26.2 Å². The molecule has 5 aromatic rings. The van der Waals surface area contributed by atoms with E-state index in [1.54, 1.807) is 11.3 Å². The summed E-state index contributed by atoms with van der Waals surface area (Å²) in [4.78, 5) is 4.80. The van der Waals surface area contributed by atoms with Crippen molar-refractivity contribution >= 4 is 53.9 Å². The van der Waals surface area contributed by atoms with Crippen LogP contribution in [0.2, 0.25) is 5.02 Å². The molecule has 138 valence electrons. The maximum atomic E-state index is 6.23. The van der Waals surface area contributed by atoms with Crippen molar-refractivity contribution in [3.05, 3.63) is 77.4 Å². The summed E-state index contributed by atoms with van der Waals surface area (Å²) in [7, 11) is 0. The number of pyridine rings is 1. The average Bonchev–Trinajstić information content (AvgIpc) is 3.03. The Bertz CT molecular complexity index is 1360. The zero-order chi connectivity index (χ0) is 19.5. The lowest BCUT2D eigenvalue weighted by atomic mass is 9.82. The zero-order valence-electron chi connectivity index (χ0n) is 16.1. The SMILES string of the molecule is CC(C)(C)c1cc(-c2nccc3c2sc2cc(Cl)ccc23)cc2ccccc12. The van der Waals surface area contributed by atoms with Gasteiger partial charge < -0.3 is 0 Å². The molecule has 0 fully saturated rings. The van der Waals surface area contributed by atoms with Gasteiger partial charge in [-0.2, -0.15) is 0 Å². The quantitative estimate of drug-likeness (QED) is 0.275. The molecule has 0 saturated carbocycles. The summed E-state index contributed by atoms with van der Waals surface area (Å²) in [6.07, 6.45) is 1.92. The van der Waals surface area contributed by atoms with Crippen LogP contribution in [0.1, 0.15) is 26.3 Å². The molecular formula is C25H20ClNS. The summed E-state index contributed by atoms with van der Waals surface area (Å²) in [5.41, 5.74) is 3.62. The standard InChI is InChI=1S/C25H20ClNS/c1-25(2,3)21-13-16(12-15-6-4-5-7-18(15)21)23-24-20(10-11-27-23)19-9-8-17(26)14-22(19)28-24/h4-14H,1-3H3. The van der Waals surface area contributed by atoms with Crippen LogP contribution in [0.3, 0.4) is 0 Å². The Kier molecular flexibility index (Phi) is 3.97. The van der Waals surface area contributed by atoms with E-state index >= 15 is 0 Å². The van der Waals surface area contributed by atoms with E-state index in [1.807, 2.05) is 18.3 Å². The third-order valence-corrected chi connectivity index (χ3v) is 6.70. The van der Waals surface area contributed by atoms with Crippen LogP contribution < -0.4 is 0 Å². The van der Waals surface area contributed by atoms with Gasteiger partial charge in [-0.3, -0.25) is 4.98 Å². The Morgan fingerprint density at radius 1 is 0.857 bits per heavy atom. The molecule has 0 bridgehead atoms. The Morgan fingerprint density at radius 2 is 1.68 bits per heavy atom. The second-order valence-electron chi connectivity index (χ2n) is 8.27. The molecule has 0 N–H and O–H groups in total. The van der Waals surface area contributed by atoms with Crippen molar-refractivity contribution in [1.29, 1.82) is 0 Å². The molecule has 0 spiro atoms. The Balaban J connectivity index is 1.85. The smallest absolute Gasteiger partial charge is 0.0880 e. The zero-order valence-corrected chi connectivity index (χ0v) is 17.7. The lowest BCUT2D eigenvalue weighted by Crippen LogP contribution is -2.12. The molecule has 0 amide bonds. The van der Waals surface area contributed by atoms with Crippen molar-refractivity contribution in [2.24, 2.45) is 0 Å². The summed E-state index contributed by atoms with van der Waals surface area (Å²) in [5, 5.41) is 5.83. The predicted octanol–water partition coefficient (Wildman–Crippen LogP) is 8.22. The average molecular weight is 402 g/mol. The van der Waals surface area contributed by atoms with Gasteiger partial charge in [0.2, 0.25) is 0 Å². The van der Waals surface area contributed by atoms with E-state index in [9.17, 15) is 0 Å². The minimum absolute atomic E-state index is 0.0528. The van der Waals surface area contributed by atoms with Crippen LogP contribution in [0.4, 0.5) is 0 Å². The molecule has 0 saturated heterocycles. The van der Waals surface area contributed by atoms with Gasteiger partial charge in [0.05, 0.1) is 10.4 Å². The van der Waals surface area contributed by atoms with Gasteiger partial charge >= 0.3 is 0 Å². The van der Waals surface area contributed by atoms with Crippen LogP contribution in [0.15, 0.2) is 66.9 Å². The highest BCUT2D eigenvalue weighted by molar-refractivity contribution is 7.26. The summed E-state index contributed by atoms with van der Waals surface area (Å²) in [5.74, 6) is 0. The largest absolute Gasteiger partial charge is 0.255 e. The lowest BCUT2D eigenvalue weighted by Gasteiger charge is -2.22. The third kappa shape index (κ3) is 2.80. The molecule has 3 heteroatoms. The van der Waals surface area contributed by atoms with Crippen molar-refractivity contribution < 1.29 is 0 Å². The van der Waals surface area contributed by atoms with Crippen molar-refractivity contribution in [1.82, 2.24) is 4.98 Å². The second kappa shape index (κ2) is 6.30. The van der Waals surface area contributed by atoms with Crippen LogP contribution >= 0.6 is 22.9 Å². The monoisotopic (exact) mass is 401 g/mol. The van der Waals surface area contributed by atoms with Crippen molar-refractivity contribution in [3.63, 3.8) is 0 Å². The first kappa shape index (κ1) is 17.7. The van der Waals surface area contributed by atoms with E-state index in [0.29, 0.717) is 0 Å². The van der Waals surface area contributed by atoms with Crippen LogP contribution in [-0.2, 0) is 5.41 Å². The topological polar surface area (TPSA) is 12.9 Å². The molecule has 28 heavy (non-hydrogen) atoms. The molecule has 2 aromatic heterocycles. The number of halogens is 1. The minimum Gasteiger partial charge on any atom is -0.255 e. The lowest BCUT2D eigenvalue weighted by molar-refractivity contribution is 0.596. The fourth-order valence-corrected chi connectivity index (χ4v) is 5.44. The first-order valence-electron chi connectivity index (χ1n) is 9.42. The van der Waals surface area contributed by atoms with E-state index in [0.717, 1.165) is 10.7 Å². The summed E-state index contributed by atoms with van der Waals surface area (Å²) in [6.45, 7) is 6.82. The molecule has 0 unspecified atom stereocenters. The predicted molar refractivity (Wildman–Crippen MR) is 124 cm³/mol. The van der Waals surface area contributed by atoms with Crippen LogP contribution in [-0.4, -0.2) is 4.98 Å². The van der Waals surface area contributed by atoms with Gasteiger partial charge in [-0.1, -0.05) is 62.7 Å². The number of hydrogen-bond acceptors (Lipinski definition) is 2. The van der Waals surface area contributed by atoms with Gasteiger partial charge in [-0.05, 0) is 52.1 Å². The minimum atomic E-state index is 0.0528. The number of thiophene rings is 1. The number of nitrogens with zero attached hydrogens (tertiary/aromatic N) is 1. The number of hydrogen-bond donors (Lipinski definition) is 0. The maximum absolute atomic E-state index is 6.23. The van der Waals surface area contributed by atoms with E-state index in [1.165, 1.54) is 42.1 Å². The molecule has 0 aliphatic heterocycles. The summed E-state index contributed by atoms with van der Waals surface area (Å²) in [6, 6.07) is 21.5. The van der Waals surface area contributed by atoms with Crippen molar-refractivity contribution in [3.8, 4) is 11.3 Å². The van der Waals surface area contributed by atoms with Gasteiger partial charge in [0.25, 0.3) is 0 Å². The Hall–Kier alpha value is -2.42. The van der Waals surface area contributed by atoms with Gasteiger partial charge in [0.1, 0.15) is 0 Å². The van der Waals surface area contributed by atoms with E-state index in [4.69, 9.17) is 16.6 Å². The fraction of sp³-hybridized carbons (Fsp3) is 0.160. The first-order valence-corrected chi connectivity index (χ1v) is 10.6. The molecule has 0 atom stereocenters. The van der Waals surface area contributed by atoms with E-state index < -0.39 is 0 Å². The third-order valence-electron chi connectivity index (χ3n) is 5.29. The summed E-state index contributed by atoms with van der Waals surface area (Å²) < 4.78 is 2.42. The van der Waals surface area contributed by atoms with E-state index in [-0.39, 0.29) is 5.41 Å². The number of rotatable bonds is 1. The van der Waals surface area contributed by atoms with E-state index in [2.05, 4.69) is 69.3 Å². The Morgan fingerprint density at radius 3 is 2.50 bits per heavy atom. The van der Waals surface area contributed by atoms with Gasteiger partial charge in [-0.25, -0.2) is 0 Å². The van der Waals surface area contributed by atoms with Crippen molar-refractivity contribution in [2.75, 3.05) is 0 Å². The highest BCUT2D eigenvalue weighted by atomic mass is 35.5. The molecule has 1 nitrogen and oxygen atoms in total. The van der Waals surface area contributed by atoms with Gasteiger partial charge in [-0.15, -0.1) is 11.3 Å². The van der Waals surface area contributed by atoms with Crippen LogP contribution in [0.25, 0.3) is 42.2 Å². The molecule has 0 aliphatic carbocycles. The molecule has 2 heterocycles. The van der Waals surface area contributed by atoms with Crippen LogP contribution in [0, 0.1) is 0 Å². The Labute approximate surface area is 173 Å².